The minimum atomic E-state index is -0.747. The summed E-state index contributed by atoms with van der Waals surface area (Å²) in [5.74, 6) is -2.03. The third kappa shape index (κ3) is 7.45. The van der Waals surface area contributed by atoms with E-state index >= 15 is 0 Å². The minimum Gasteiger partial charge on any atom is -0.378 e. The van der Waals surface area contributed by atoms with Crippen LogP contribution in [-0.4, -0.2) is 74.5 Å². The van der Waals surface area contributed by atoms with E-state index in [2.05, 4.69) is 16.0 Å². The van der Waals surface area contributed by atoms with Gasteiger partial charge < -0.3 is 25.6 Å². The van der Waals surface area contributed by atoms with Crippen molar-refractivity contribution in [1.82, 2.24) is 20.9 Å². The molecule has 9 nitrogen and oxygen atoms in total. The van der Waals surface area contributed by atoms with Gasteiger partial charge in [0.25, 0.3) is 5.91 Å². The van der Waals surface area contributed by atoms with Crippen LogP contribution in [0.5, 0.6) is 0 Å². The Morgan fingerprint density at radius 1 is 0.926 bits per heavy atom. The maximum atomic E-state index is 11.8. The number of nitrogens with one attached hydrogen (secondary N) is 3. The van der Waals surface area contributed by atoms with Crippen molar-refractivity contribution in [2.75, 3.05) is 45.9 Å². The Bertz CT molecular complexity index is 659. The lowest BCUT2D eigenvalue weighted by molar-refractivity contribution is -0.137. The van der Waals surface area contributed by atoms with E-state index in [1.807, 2.05) is 30.3 Å². The second kappa shape index (κ2) is 10.9. The molecule has 1 fully saturated rings. The van der Waals surface area contributed by atoms with Crippen LogP contribution in [-0.2, 0) is 25.5 Å². The Hall–Kier alpha value is -2.94. The van der Waals surface area contributed by atoms with E-state index in [9.17, 15) is 19.2 Å². The second-order valence-electron chi connectivity index (χ2n) is 5.95. The molecule has 3 N–H and O–H groups in total. The van der Waals surface area contributed by atoms with E-state index in [0.717, 1.165) is 5.56 Å². The van der Waals surface area contributed by atoms with Crippen LogP contribution in [0.15, 0.2) is 30.3 Å². The van der Waals surface area contributed by atoms with Crippen LogP contribution >= 0.6 is 0 Å². The number of Topliss-reactive ketones (excluding diaryl/α,β-unsaturated/α-hetero) is 1. The van der Waals surface area contributed by atoms with Gasteiger partial charge in [0.05, 0.1) is 26.3 Å². The van der Waals surface area contributed by atoms with Gasteiger partial charge in [-0.3, -0.25) is 14.4 Å². The molecule has 0 saturated carbocycles. The third-order valence-corrected chi connectivity index (χ3v) is 3.94. The molecule has 27 heavy (non-hydrogen) atoms. The third-order valence-electron chi connectivity index (χ3n) is 3.94. The molecule has 9 heteroatoms. The van der Waals surface area contributed by atoms with E-state index in [-0.39, 0.29) is 12.6 Å². The van der Waals surface area contributed by atoms with Crippen LogP contribution in [0.2, 0.25) is 0 Å². The summed E-state index contributed by atoms with van der Waals surface area (Å²) in [6.07, 6.45) is 0.611. The molecular formula is C18H24N4O5. The monoisotopic (exact) mass is 376 g/mol. The topological polar surface area (TPSA) is 117 Å². The summed E-state index contributed by atoms with van der Waals surface area (Å²) >= 11 is 0. The average Bonchev–Trinajstić information content (AvgIpc) is 2.71. The Kier molecular flexibility index (Phi) is 8.24. The fourth-order valence-electron chi connectivity index (χ4n) is 2.42. The molecule has 4 amide bonds. The fraction of sp³-hybridized carbons (Fsp3) is 0.444. The molecule has 0 aromatic heterocycles. The number of benzene rings is 1. The van der Waals surface area contributed by atoms with Crippen LogP contribution in [0.25, 0.3) is 0 Å². The highest BCUT2D eigenvalue weighted by atomic mass is 16.5. The van der Waals surface area contributed by atoms with Gasteiger partial charge in [-0.15, -0.1) is 0 Å². The van der Waals surface area contributed by atoms with E-state index in [1.165, 1.54) is 0 Å². The van der Waals surface area contributed by atoms with Crippen molar-refractivity contribution in [3.63, 3.8) is 0 Å². The number of hydrogen-bond acceptors (Lipinski definition) is 5. The first-order valence-corrected chi connectivity index (χ1v) is 8.78. The molecule has 1 aliphatic heterocycles. The Morgan fingerprint density at radius 2 is 1.63 bits per heavy atom. The highest BCUT2D eigenvalue weighted by Gasteiger charge is 2.18. The first kappa shape index (κ1) is 20.4. The van der Waals surface area contributed by atoms with Crippen molar-refractivity contribution >= 4 is 23.6 Å². The van der Waals surface area contributed by atoms with Crippen molar-refractivity contribution < 1.29 is 23.9 Å². The number of hydrogen-bond donors (Lipinski definition) is 3. The zero-order valence-electron chi connectivity index (χ0n) is 15.0. The van der Waals surface area contributed by atoms with E-state index in [4.69, 9.17) is 4.74 Å². The number of ketones is 1. The highest BCUT2D eigenvalue weighted by Crippen LogP contribution is 1.98. The first-order valence-electron chi connectivity index (χ1n) is 8.78. The van der Waals surface area contributed by atoms with Gasteiger partial charge in [0.15, 0.2) is 0 Å². The van der Waals surface area contributed by atoms with Crippen LogP contribution in [0.3, 0.4) is 0 Å². The normalized spacial score (nSPS) is 13.6. The molecular weight excluding hydrogens is 352 g/mol. The number of morpholine rings is 1. The van der Waals surface area contributed by atoms with E-state index < -0.39 is 24.1 Å². The second-order valence-corrected chi connectivity index (χ2v) is 5.95. The molecule has 0 atom stereocenters. The molecule has 1 heterocycles. The Labute approximate surface area is 157 Å². The highest BCUT2D eigenvalue weighted by molar-refractivity contribution is 6.37. The van der Waals surface area contributed by atoms with Crippen molar-refractivity contribution in [3.8, 4) is 0 Å². The molecule has 1 aliphatic rings. The zero-order chi connectivity index (χ0) is 19.5. The summed E-state index contributed by atoms with van der Waals surface area (Å²) in [6, 6.07) is 9.19. The summed E-state index contributed by atoms with van der Waals surface area (Å²) in [4.78, 5) is 48.5. The number of nitrogens with zero attached hydrogens (tertiary/aromatic N) is 1. The Balaban J connectivity index is 1.58. The van der Waals surface area contributed by atoms with Crippen molar-refractivity contribution in [2.24, 2.45) is 0 Å². The lowest BCUT2D eigenvalue weighted by Crippen LogP contribution is -2.49. The van der Waals surface area contributed by atoms with Gasteiger partial charge in [-0.05, 0) is 12.0 Å². The maximum Gasteiger partial charge on any atom is 0.317 e. The largest absolute Gasteiger partial charge is 0.378 e. The van der Waals surface area contributed by atoms with Crippen molar-refractivity contribution in [2.45, 2.75) is 6.42 Å². The van der Waals surface area contributed by atoms with Crippen LogP contribution in [0, 0.1) is 0 Å². The number of amides is 4. The summed E-state index contributed by atoms with van der Waals surface area (Å²) in [7, 11) is 0. The number of urea groups is 1. The van der Waals surface area contributed by atoms with Gasteiger partial charge in [0.2, 0.25) is 11.7 Å². The predicted molar refractivity (Wildman–Crippen MR) is 97.0 cm³/mol. The SMILES string of the molecule is O=C(CNC(=O)N1CCOCC1)NCC(=O)C(=O)NCCc1ccccc1. The smallest absolute Gasteiger partial charge is 0.317 e. The van der Waals surface area contributed by atoms with Gasteiger partial charge in [-0.25, -0.2) is 4.79 Å². The van der Waals surface area contributed by atoms with Gasteiger partial charge in [0.1, 0.15) is 0 Å². The summed E-state index contributed by atoms with van der Waals surface area (Å²) in [5, 5.41) is 7.31. The molecule has 146 valence electrons. The van der Waals surface area contributed by atoms with E-state index in [0.29, 0.717) is 39.3 Å². The van der Waals surface area contributed by atoms with Crippen LogP contribution < -0.4 is 16.0 Å². The van der Waals surface area contributed by atoms with Crippen molar-refractivity contribution in [1.29, 1.82) is 0 Å². The molecule has 0 spiro atoms. The van der Waals surface area contributed by atoms with E-state index in [1.54, 1.807) is 4.90 Å². The number of carbonyl (C=O) groups excluding carboxylic acids is 4. The first-order chi connectivity index (χ1) is 13.1. The predicted octanol–water partition coefficient (Wildman–Crippen LogP) is -0.928. The van der Waals surface area contributed by atoms with Crippen LogP contribution in [0.1, 0.15) is 5.56 Å². The lowest BCUT2D eigenvalue weighted by Gasteiger charge is -2.26. The molecule has 2 rings (SSSR count). The maximum absolute atomic E-state index is 11.8. The fourth-order valence-corrected chi connectivity index (χ4v) is 2.42. The summed E-state index contributed by atoms with van der Waals surface area (Å²) in [6.45, 7) is 1.52. The number of rotatable bonds is 8. The molecule has 0 aliphatic carbocycles. The minimum absolute atomic E-state index is 0.265. The van der Waals surface area contributed by atoms with Crippen LogP contribution in [0.4, 0.5) is 4.79 Å². The standard InChI is InChI=1S/C18H24N4O5/c23-15(17(25)19-7-6-14-4-2-1-3-5-14)12-20-16(24)13-21-18(26)22-8-10-27-11-9-22/h1-5H,6-13H2,(H,19,25)(H,20,24)(H,21,26). The molecule has 1 aromatic carbocycles. The molecule has 0 unspecified atom stereocenters. The van der Waals surface area contributed by atoms with Gasteiger partial charge in [-0.2, -0.15) is 0 Å². The van der Waals surface area contributed by atoms with Gasteiger partial charge in [-0.1, -0.05) is 30.3 Å². The summed E-state index contributed by atoms with van der Waals surface area (Å²) in [5.41, 5.74) is 1.05. The quantitative estimate of drug-likeness (QED) is 0.507. The lowest BCUT2D eigenvalue weighted by atomic mass is 10.1. The molecule has 0 bridgehead atoms. The Morgan fingerprint density at radius 3 is 2.33 bits per heavy atom. The molecule has 0 radical (unpaired) electrons. The molecule has 1 saturated heterocycles. The number of carbonyl (C=O) groups is 4. The molecule has 1 aromatic rings. The summed E-state index contributed by atoms with van der Waals surface area (Å²) < 4.78 is 5.14. The number of ether oxygens (including phenoxy) is 1. The zero-order valence-corrected chi connectivity index (χ0v) is 15.0. The average molecular weight is 376 g/mol. The van der Waals surface area contributed by atoms with Gasteiger partial charge in [0, 0.05) is 19.6 Å². The van der Waals surface area contributed by atoms with Crippen molar-refractivity contribution in [3.05, 3.63) is 35.9 Å². The van der Waals surface area contributed by atoms with Gasteiger partial charge >= 0.3 is 6.03 Å².